The van der Waals surface area contributed by atoms with Crippen LogP contribution in [0.3, 0.4) is 0 Å². The second-order valence-corrected chi connectivity index (χ2v) is 6.11. The highest BCUT2D eigenvalue weighted by Crippen LogP contribution is 2.23. The quantitative estimate of drug-likeness (QED) is 0.814. The van der Waals surface area contributed by atoms with Crippen molar-refractivity contribution >= 4 is 5.69 Å². The van der Waals surface area contributed by atoms with Crippen LogP contribution in [0.5, 0.6) is 0 Å². The first-order valence-electron chi connectivity index (χ1n) is 6.77. The Morgan fingerprint density at radius 2 is 1.84 bits per heavy atom. The minimum Gasteiger partial charge on any atom is -0.385 e. The first-order valence-corrected chi connectivity index (χ1v) is 6.77. The van der Waals surface area contributed by atoms with E-state index in [2.05, 4.69) is 68.5 Å². The summed E-state index contributed by atoms with van der Waals surface area (Å²) in [6, 6.07) is 10.8. The molecule has 0 aromatic heterocycles. The molecule has 0 saturated carbocycles. The van der Waals surface area contributed by atoms with E-state index in [1.807, 2.05) is 0 Å². The molecule has 1 N–H and O–H groups in total. The monoisotopic (exact) mass is 259 g/mol. The minimum absolute atomic E-state index is 0.151. The van der Waals surface area contributed by atoms with Crippen LogP contribution in [0.4, 0.5) is 5.69 Å². The van der Waals surface area contributed by atoms with Crippen LogP contribution in [-0.2, 0) is 6.54 Å². The second kappa shape index (κ2) is 7.16. The zero-order valence-electron chi connectivity index (χ0n) is 12.5. The fraction of sp³-hybridized carbons (Fsp3) is 0.562. The standard InChI is InChI=1S/C16H25N3/c1-16(2,10-5-11-17)13-18-15-8-6-14(7-9-15)12-19(3)4/h6-9,18H,5,10,12-13H2,1-4H3. The summed E-state index contributed by atoms with van der Waals surface area (Å²) in [5, 5.41) is 12.1. The summed E-state index contributed by atoms with van der Waals surface area (Å²) in [6.07, 6.45) is 1.55. The van der Waals surface area contributed by atoms with Crippen molar-refractivity contribution < 1.29 is 0 Å². The number of hydrogen-bond acceptors (Lipinski definition) is 3. The van der Waals surface area contributed by atoms with E-state index in [4.69, 9.17) is 5.26 Å². The number of hydrogen-bond donors (Lipinski definition) is 1. The van der Waals surface area contributed by atoms with E-state index in [9.17, 15) is 0 Å². The van der Waals surface area contributed by atoms with E-state index in [1.54, 1.807) is 0 Å². The predicted molar refractivity (Wildman–Crippen MR) is 81.0 cm³/mol. The molecule has 1 aromatic carbocycles. The summed E-state index contributed by atoms with van der Waals surface area (Å²) < 4.78 is 0. The molecule has 104 valence electrons. The SMILES string of the molecule is CN(C)Cc1ccc(NCC(C)(C)CCC#N)cc1. The highest BCUT2D eigenvalue weighted by atomic mass is 15.0. The molecule has 0 saturated heterocycles. The Labute approximate surface area is 117 Å². The topological polar surface area (TPSA) is 39.1 Å². The van der Waals surface area contributed by atoms with Crippen molar-refractivity contribution in [3.63, 3.8) is 0 Å². The van der Waals surface area contributed by atoms with Crippen LogP contribution in [0.15, 0.2) is 24.3 Å². The van der Waals surface area contributed by atoms with Crippen molar-refractivity contribution in [2.24, 2.45) is 5.41 Å². The van der Waals surface area contributed by atoms with Crippen LogP contribution in [0.1, 0.15) is 32.3 Å². The van der Waals surface area contributed by atoms with E-state index in [1.165, 1.54) is 5.56 Å². The van der Waals surface area contributed by atoms with Crippen LogP contribution in [0, 0.1) is 16.7 Å². The number of rotatable bonds is 7. The number of benzene rings is 1. The van der Waals surface area contributed by atoms with Crippen molar-refractivity contribution in [3.05, 3.63) is 29.8 Å². The zero-order chi connectivity index (χ0) is 14.3. The third-order valence-corrected chi connectivity index (χ3v) is 3.14. The third kappa shape index (κ3) is 6.26. The summed E-state index contributed by atoms with van der Waals surface area (Å²) in [7, 11) is 4.15. The Morgan fingerprint density at radius 1 is 1.21 bits per heavy atom. The molecule has 0 radical (unpaired) electrons. The zero-order valence-corrected chi connectivity index (χ0v) is 12.5. The molecule has 3 nitrogen and oxygen atoms in total. The lowest BCUT2D eigenvalue weighted by Crippen LogP contribution is -2.22. The van der Waals surface area contributed by atoms with E-state index in [0.717, 1.165) is 25.2 Å². The fourth-order valence-electron chi connectivity index (χ4n) is 1.92. The van der Waals surface area contributed by atoms with Crippen molar-refractivity contribution in [2.45, 2.75) is 33.2 Å². The fourth-order valence-corrected chi connectivity index (χ4v) is 1.92. The Bertz CT molecular complexity index is 413. The maximum atomic E-state index is 8.64. The Balaban J connectivity index is 2.47. The maximum Gasteiger partial charge on any atom is 0.0621 e. The van der Waals surface area contributed by atoms with Crippen LogP contribution >= 0.6 is 0 Å². The summed E-state index contributed by atoms with van der Waals surface area (Å²) in [6.45, 7) is 6.24. The molecule has 0 aliphatic carbocycles. The van der Waals surface area contributed by atoms with Gasteiger partial charge in [0.2, 0.25) is 0 Å². The molecule has 0 fully saturated rings. The Hall–Kier alpha value is -1.53. The summed E-state index contributed by atoms with van der Waals surface area (Å²) in [5.74, 6) is 0. The number of nitrogens with zero attached hydrogens (tertiary/aromatic N) is 2. The predicted octanol–water partition coefficient (Wildman–Crippen LogP) is 3.49. The van der Waals surface area contributed by atoms with E-state index in [-0.39, 0.29) is 5.41 Å². The van der Waals surface area contributed by atoms with Gasteiger partial charge in [-0.2, -0.15) is 5.26 Å². The maximum absolute atomic E-state index is 8.64. The van der Waals surface area contributed by atoms with Gasteiger partial charge in [0.25, 0.3) is 0 Å². The number of anilines is 1. The average Bonchev–Trinajstić information content (AvgIpc) is 2.35. The first-order chi connectivity index (χ1) is 8.93. The van der Waals surface area contributed by atoms with E-state index < -0.39 is 0 Å². The molecule has 0 atom stereocenters. The largest absolute Gasteiger partial charge is 0.385 e. The van der Waals surface area contributed by atoms with Gasteiger partial charge in [0.1, 0.15) is 0 Å². The lowest BCUT2D eigenvalue weighted by molar-refractivity contribution is 0.364. The highest BCUT2D eigenvalue weighted by molar-refractivity contribution is 5.44. The summed E-state index contributed by atoms with van der Waals surface area (Å²) in [5.41, 5.74) is 2.62. The molecule has 0 aliphatic rings. The molecule has 1 aromatic rings. The van der Waals surface area contributed by atoms with Gasteiger partial charge < -0.3 is 10.2 Å². The Morgan fingerprint density at radius 3 is 2.37 bits per heavy atom. The number of nitrogens with one attached hydrogen (secondary N) is 1. The van der Waals surface area contributed by atoms with Crippen LogP contribution in [0.2, 0.25) is 0 Å². The lowest BCUT2D eigenvalue weighted by Gasteiger charge is -2.24. The van der Waals surface area contributed by atoms with E-state index in [0.29, 0.717) is 6.42 Å². The highest BCUT2D eigenvalue weighted by Gasteiger charge is 2.16. The third-order valence-electron chi connectivity index (χ3n) is 3.14. The van der Waals surface area contributed by atoms with Crippen molar-refractivity contribution in [2.75, 3.05) is 26.0 Å². The van der Waals surface area contributed by atoms with Gasteiger partial charge in [0.15, 0.2) is 0 Å². The lowest BCUT2D eigenvalue weighted by atomic mass is 9.88. The van der Waals surface area contributed by atoms with Crippen LogP contribution in [0.25, 0.3) is 0 Å². The van der Waals surface area contributed by atoms with Crippen molar-refractivity contribution in [3.8, 4) is 6.07 Å². The van der Waals surface area contributed by atoms with Gasteiger partial charge in [-0.05, 0) is 43.6 Å². The molecule has 0 spiro atoms. The average molecular weight is 259 g/mol. The second-order valence-electron chi connectivity index (χ2n) is 6.11. The molecule has 0 bridgehead atoms. The van der Waals surface area contributed by atoms with Gasteiger partial charge in [0, 0.05) is 25.2 Å². The molecule has 19 heavy (non-hydrogen) atoms. The molecular formula is C16H25N3. The Kier molecular flexibility index (Phi) is 5.85. The molecule has 0 aliphatic heterocycles. The summed E-state index contributed by atoms with van der Waals surface area (Å²) in [4.78, 5) is 2.16. The minimum atomic E-state index is 0.151. The normalized spacial score (nSPS) is 11.4. The van der Waals surface area contributed by atoms with Gasteiger partial charge >= 0.3 is 0 Å². The first kappa shape index (κ1) is 15.5. The van der Waals surface area contributed by atoms with Gasteiger partial charge in [0.05, 0.1) is 6.07 Å². The van der Waals surface area contributed by atoms with Crippen LogP contribution < -0.4 is 5.32 Å². The van der Waals surface area contributed by atoms with Gasteiger partial charge in [-0.25, -0.2) is 0 Å². The molecule has 0 heterocycles. The van der Waals surface area contributed by atoms with Gasteiger partial charge in [-0.15, -0.1) is 0 Å². The van der Waals surface area contributed by atoms with Gasteiger partial charge in [-0.3, -0.25) is 0 Å². The number of nitriles is 1. The van der Waals surface area contributed by atoms with Crippen molar-refractivity contribution in [1.82, 2.24) is 4.90 Å². The molecule has 1 rings (SSSR count). The summed E-state index contributed by atoms with van der Waals surface area (Å²) >= 11 is 0. The van der Waals surface area contributed by atoms with Crippen LogP contribution in [-0.4, -0.2) is 25.5 Å². The molecular weight excluding hydrogens is 234 g/mol. The smallest absolute Gasteiger partial charge is 0.0621 e. The van der Waals surface area contributed by atoms with Gasteiger partial charge in [-0.1, -0.05) is 26.0 Å². The van der Waals surface area contributed by atoms with E-state index >= 15 is 0 Å². The molecule has 3 heteroatoms. The molecule has 0 amide bonds. The van der Waals surface area contributed by atoms with Crippen molar-refractivity contribution in [1.29, 1.82) is 5.26 Å². The molecule has 0 unspecified atom stereocenters.